The number of rotatable bonds is 3. The molecule has 0 saturated carbocycles. The number of amides is 1. The summed E-state index contributed by atoms with van der Waals surface area (Å²) in [6.07, 6.45) is 1.60. The fraction of sp³-hybridized carbons (Fsp3) is 0.111. The number of benzene rings is 2. The summed E-state index contributed by atoms with van der Waals surface area (Å²) in [7, 11) is 3.26. The first-order valence-corrected chi connectivity index (χ1v) is 9.46. The highest BCUT2D eigenvalue weighted by Gasteiger charge is 2.30. The van der Waals surface area contributed by atoms with Crippen molar-refractivity contribution in [2.24, 2.45) is 4.99 Å². The minimum Gasteiger partial charge on any atom is -0.506 e. The van der Waals surface area contributed by atoms with E-state index in [0.717, 1.165) is 5.75 Å². The highest BCUT2D eigenvalue weighted by atomic mass is 79.9. The van der Waals surface area contributed by atoms with E-state index >= 15 is 0 Å². The molecule has 2 aromatic rings. The van der Waals surface area contributed by atoms with Gasteiger partial charge in [-0.2, -0.15) is 0 Å². The summed E-state index contributed by atoms with van der Waals surface area (Å²) in [5, 5.41) is 10.9. The van der Waals surface area contributed by atoms with Crippen molar-refractivity contribution in [1.29, 1.82) is 0 Å². The van der Waals surface area contributed by atoms with Crippen LogP contribution in [0.4, 0.5) is 5.69 Å². The second-order valence-corrected chi connectivity index (χ2v) is 7.72. The molecule has 26 heavy (non-hydrogen) atoms. The molecular formula is C18H14BrClN2O3S. The number of aliphatic imine (C=N–C) groups is 1. The summed E-state index contributed by atoms with van der Waals surface area (Å²) in [5.41, 5.74) is 1.17. The van der Waals surface area contributed by atoms with Crippen LogP contribution in [0.5, 0.6) is 11.5 Å². The molecule has 1 aliphatic heterocycles. The Balaban J connectivity index is 1.92. The van der Waals surface area contributed by atoms with E-state index in [2.05, 4.69) is 20.9 Å². The van der Waals surface area contributed by atoms with Crippen molar-refractivity contribution in [3.63, 3.8) is 0 Å². The summed E-state index contributed by atoms with van der Waals surface area (Å²) < 4.78 is 5.84. The van der Waals surface area contributed by atoms with Crippen molar-refractivity contribution in [2.45, 2.75) is 0 Å². The predicted octanol–water partition coefficient (Wildman–Crippen LogP) is 5.05. The van der Waals surface area contributed by atoms with E-state index in [-0.39, 0.29) is 16.7 Å². The molecule has 0 aliphatic carbocycles. The first kappa shape index (κ1) is 18.8. The summed E-state index contributed by atoms with van der Waals surface area (Å²) in [5.74, 6) is 0.469. The van der Waals surface area contributed by atoms with Gasteiger partial charge in [-0.3, -0.25) is 9.69 Å². The zero-order chi connectivity index (χ0) is 18.8. The number of halogens is 2. The van der Waals surface area contributed by atoms with Crippen LogP contribution in [-0.2, 0) is 4.79 Å². The largest absolute Gasteiger partial charge is 0.506 e. The van der Waals surface area contributed by atoms with Gasteiger partial charge in [0, 0.05) is 17.1 Å². The number of phenolic OH excluding ortho intramolecular Hbond substituents is 1. The molecule has 8 heteroatoms. The second-order valence-electron chi connectivity index (χ2n) is 5.39. The molecule has 134 valence electrons. The van der Waals surface area contributed by atoms with Gasteiger partial charge in [-0.1, -0.05) is 27.5 Å². The van der Waals surface area contributed by atoms with Gasteiger partial charge in [0.2, 0.25) is 0 Å². The highest BCUT2D eigenvalue weighted by molar-refractivity contribution is 9.10. The van der Waals surface area contributed by atoms with Gasteiger partial charge in [-0.25, -0.2) is 4.99 Å². The lowest BCUT2D eigenvalue weighted by atomic mass is 10.2. The molecule has 1 N–H and O–H groups in total. The average molecular weight is 454 g/mol. The Morgan fingerprint density at radius 2 is 2.00 bits per heavy atom. The fourth-order valence-corrected chi connectivity index (χ4v) is 4.07. The number of thioether (sulfide) groups is 1. The van der Waals surface area contributed by atoms with Crippen LogP contribution in [0, 0.1) is 0 Å². The summed E-state index contributed by atoms with van der Waals surface area (Å²) >= 11 is 10.5. The quantitative estimate of drug-likeness (QED) is 0.661. The molecule has 0 spiro atoms. The molecule has 0 unspecified atom stereocenters. The summed E-state index contributed by atoms with van der Waals surface area (Å²) in [4.78, 5) is 18.9. The monoisotopic (exact) mass is 452 g/mol. The van der Waals surface area contributed by atoms with Crippen molar-refractivity contribution in [1.82, 2.24) is 4.90 Å². The first-order chi connectivity index (χ1) is 12.4. The Kier molecular flexibility index (Phi) is 5.60. The number of aromatic hydroxyl groups is 1. The zero-order valence-electron chi connectivity index (χ0n) is 13.9. The van der Waals surface area contributed by atoms with Gasteiger partial charge in [0.1, 0.15) is 11.5 Å². The van der Waals surface area contributed by atoms with Gasteiger partial charge in [0.15, 0.2) is 5.17 Å². The Labute approximate surface area is 168 Å². The lowest BCUT2D eigenvalue weighted by Crippen LogP contribution is -2.23. The van der Waals surface area contributed by atoms with E-state index in [1.165, 1.54) is 16.7 Å². The van der Waals surface area contributed by atoms with E-state index in [1.807, 2.05) is 12.1 Å². The van der Waals surface area contributed by atoms with Crippen molar-refractivity contribution >= 4 is 62.1 Å². The van der Waals surface area contributed by atoms with E-state index < -0.39 is 0 Å². The molecule has 1 fully saturated rings. The standard InChI is InChI=1S/C18H14BrClN2O3S/c1-22-17(24)15(8-10-7-11(19)9-14(20)16(10)23)26-18(22)21-12-3-5-13(25-2)6-4-12/h3-9,23H,1-2H3/b15-8-,21-18?. The molecule has 3 rings (SSSR count). The van der Waals surface area contributed by atoms with E-state index in [1.54, 1.807) is 44.5 Å². The molecule has 0 bridgehead atoms. The maximum absolute atomic E-state index is 12.5. The number of hydrogen-bond acceptors (Lipinski definition) is 5. The van der Waals surface area contributed by atoms with Crippen LogP contribution in [0.1, 0.15) is 5.56 Å². The molecular weight excluding hydrogens is 440 g/mol. The molecule has 2 aromatic carbocycles. The Bertz CT molecular complexity index is 929. The van der Waals surface area contributed by atoms with Crippen LogP contribution in [0.15, 0.2) is 50.8 Å². The maximum Gasteiger partial charge on any atom is 0.266 e. The second kappa shape index (κ2) is 7.73. The molecule has 0 atom stereocenters. The van der Waals surface area contributed by atoms with Crippen LogP contribution in [0.3, 0.4) is 0 Å². The number of phenols is 1. The van der Waals surface area contributed by atoms with Crippen LogP contribution >= 0.6 is 39.3 Å². The van der Waals surface area contributed by atoms with Crippen LogP contribution in [0.2, 0.25) is 5.02 Å². The molecule has 1 amide bonds. The minimum atomic E-state index is -0.197. The number of likely N-dealkylation sites (N-methyl/N-ethyl adjacent to an activating group) is 1. The van der Waals surface area contributed by atoms with E-state index in [9.17, 15) is 9.90 Å². The summed E-state index contributed by atoms with van der Waals surface area (Å²) in [6.45, 7) is 0. The fourth-order valence-electron chi connectivity index (χ4n) is 2.26. The van der Waals surface area contributed by atoms with Gasteiger partial charge in [0.05, 0.1) is 22.7 Å². The van der Waals surface area contributed by atoms with E-state index in [0.29, 0.717) is 25.8 Å². The summed E-state index contributed by atoms with van der Waals surface area (Å²) in [6, 6.07) is 10.5. The number of methoxy groups -OCH3 is 1. The number of amidine groups is 1. The zero-order valence-corrected chi connectivity index (χ0v) is 17.0. The first-order valence-electron chi connectivity index (χ1n) is 7.47. The van der Waals surface area contributed by atoms with Crippen molar-refractivity contribution in [3.05, 3.63) is 56.4 Å². The van der Waals surface area contributed by atoms with Gasteiger partial charge in [0.25, 0.3) is 5.91 Å². The number of nitrogens with zero attached hydrogens (tertiary/aromatic N) is 2. The number of hydrogen-bond donors (Lipinski definition) is 1. The number of carbonyl (C=O) groups is 1. The molecule has 1 aliphatic rings. The lowest BCUT2D eigenvalue weighted by molar-refractivity contribution is -0.121. The SMILES string of the molecule is COc1ccc(N=C2S/C(=C\c3cc(Br)cc(Cl)c3O)C(=O)N2C)cc1. The van der Waals surface area contributed by atoms with Crippen LogP contribution < -0.4 is 4.74 Å². The average Bonchev–Trinajstić information content (AvgIpc) is 2.88. The lowest BCUT2D eigenvalue weighted by Gasteiger charge is -2.07. The Morgan fingerprint density at radius 1 is 1.31 bits per heavy atom. The molecule has 0 aromatic heterocycles. The maximum atomic E-state index is 12.5. The van der Waals surface area contributed by atoms with Crippen molar-refractivity contribution in [2.75, 3.05) is 14.2 Å². The van der Waals surface area contributed by atoms with Crippen LogP contribution in [0.25, 0.3) is 6.08 Å². The normalized spacial score (nSPS) is 17.4. The third-order valence-electron chi connectivity index (χ3n) is 3.65. The number of carbonyl (C=O) groups excluding carboxylic acids is 1. The third kappa shape index (κ3) is 3.90. The Hall–Kier alpha value is -1.96. The number of ether oxygens (including phenoxy) is 1. The Morgan fingerprint density at radius 3 is 2.65 bits per heavy atom. The predicted molar refractivity (Wildman–Crippen MR) is 109 cm³/mol. The van der Waals surface area contributed by atoms with Gasteiger partial charge in [-0.05, 0) is 54.2 Å². The van der Waals surface area contributed by atoms with Crippen molar-refractivity contribution in [3.8, 4) is 11.5 Å². The van der Waals surface area contributed by atoms with Crippen LogP contribution in [-0.4, -0.2) is 35.2 Å². The van der Waals surface area contributed by atoms with Crippen molar-refractivity contribution < 1.29 is 14.6 Å². The highest BCUT2D eigenvalue weighted by Crippen LogP contribution is 2.37. The molecule has 1 heterocycles. The molecule has 1 saturated heterocycles. The van der Waals surface area contributed by atoms with Gasteiger partial charge in [-0.15, -0.1) is 0 Å². The smallest absolute Gasteiger partial charge is 0.266 e. The molecule has 5 nitrogen and oxygen atoms in total. The van der Waals surface area contributed by atoms with Gasteiger partial charge < -0.3 is 9.84 Å². The van der Waals surface area contributed by atoms with Gasteiger partial charge >= 0.3 is 0 Å². The minimum absolute atomic E-state index is 0.0704. The van der Waals surface area contributed by atoms with E-state index in [4.69, 9.17) is 16.3 Å². The third-order valence-corrected chi connectivity index (χ3v) is 5.45. The molecule has 0 radical (unpaired) electrons. The topological polar surface area (TPSA) is 62.1 Å².